The molecule has 0 spiro atoms. The first-order chi connectivity index (χ1) is 15.8. The standard InChI is InChI=1S/C26H38FN3O3/c1-17-15-29(10-11-30(17)26(33)19-6-3-4-7-19)16-21-12-22(27)14-23(18(21)2)28-25(32)13-20-8-5-9-24(20)31/h12,14,17,19-20,24,31H,3-11,13,15-16H2,1-2H3,(H,28,32). The lowest BCUT2D eigenvalue weighted by Gasteiger charge is -2.41. The molecule has 1 aromatic carbocycles. The number of nitrogens with one attached hydrogen (secondary N) is 1. The summed E-state index contributed by atoms with van der Waals surface area (Å²) < 4.78 is 14.4. The molecular weight excluding hydrogens is 421 g/mol. The largest absolute Gasteiger partial charge is 0.393 e. The topological polar surface area (TPSA) is 72.9 Å². The van der Waals surface area contributed by atoms with Crippen LogP contribution >= 0.6 is 0 Å². The number of anilines is 1. The minimum atomic E-state index is -0.416. The van der Waals surface area contributed by atoms with Gasteiger partial charge in [0.25, 0.3) is 0 Å². The highest BCUT2D eigenvalue weighted by atomic mass is 19.1. The highest BCUT2D eigenvalue weighted by molar-refractivity contribution is 5.91. The number of aliphatic hydroxyl groups excluding tert-OH is 1. The van der Waals surface area contributed by atoms with E-state index in [1.54, 1.807) is 6.07 Å². The Morgan fingerprint density at radius 3 is 2.55 bits per heavy atom. The third-order valence-corrected chi connectivity index (χ3v) is 7.91. The van der Waals surface area contributed by atoms with Crippen molar-refractivity contribution >= 4 is 17.5 Å². The fourth-order valence-corrected chi connectivity index (χ4v) is 5.88. The highest BCUT2D eigenvalue weighted by Gasteiger charge is 2.33. The first-order valence-electron chi connectivity index (χ1n) is 12.6. The van der Waals surface area contributed by atoms with E-state index in [9.17, 15) is 19.1 Å². The Bertz CT molecular complexity index is 871. The normalized spacial score (nSPS) is 26.7. The molecule has 1 heterocycles. The van der Waals surface area contributed by atoms with Crippen molar-refractivity contribution in [2.24, 2.45) is 11.8 Å². The smallest absolute Gasteiger partial charge is 0.226 e. The summed E-state index contributed by atoms with van der Waals surface area (Å²) in [6, 6.07) is 3.06. The van der Waals surface area contributed by atoms with Gasteiger partial charge in [0.05, 0.1) is 6.10 Å². The zero-order chi connectivity index (χ0) is 23.5. The van der Waals surface area contributed by atoms with Gasteiger partial charge in [-0.05, 0) is 68.7 Å². The molecule has 4 rings (SSSR count). The number of piperazine rings is 1. The Kier molecular flexibility index (Phi) is 7.69. The van der Waals surface area contributed by atoms with E-state index >= 15 is 0 Å². The third kappa shape index (κ3) is 5.75. The number of halogens is 1. The third-order valence-electron chi connectivity index (χ3n) is 7.91. The number of hydrogen-bond donors (Lipinski definition) is 2. The molecule has 6 nitrogen and oxygen atoms in total. The lowest BCUT2D eigenvalue weighted by Crippen LogP contribution is -2.54. The zero-order valence-electron chi connectivity index (χ0n) is 20.0. The summed E-state index contributed by atoms with van der Waals surface area (Å²) in [5.74, 6) is -0.0498. The summed E-state index contributed by atoms with van der Waals surface area (Å²) in [6.07, 6.45) is 6.74. The van der Waals surface area contributed by atoms with Crippen LogP contribution in [-0.2, 0) is 16.1 Å². The van der Waals surface area contributed by atoms with Gasteiger partial charge in [0.2, 0.25) is 11.8 Å². The minimum Gasteiger partial charge on any atom is -0.393 e. The maximum atomic E-state index is 14.4. The van der Waals surface area contributed by atoms with Gasteiger partial charge in [0.15, 0.2) is 0 Å². The van der Waals surface area contributed by atoms with Gasteiger partial charge in [-0.15, -0.1) is 0 Å². The fraction of sp³-hybridized carbons (Fsp3) is 0.692. The number of amides is 2. The van der Waals surface area contributed by atoms with Gasteiger partial charge < -0.3 is 15.3 Å². The fourth-order valence-electron chi connectivity index (χ4n) is 5.88. The van der Waals surface area contributed by atoms with Crippen LogP contribution in [0.2, 0.25) is 0 Å². The van der Waals surface area contributed by atoms with Crippen molar-refractivity contribution in [2.45, 2.75) is 83.9 Å². The molecule has 7 heteroatoms. The summed E-state index contributed by atoms with van der Waals surface area (Å²) in [5.41, 5.74) is 2.23. The Balaban J connectivity index is 1.36. The molecule has 3 fully saturated rings. The number of rotatable bonds is 6. The van der Waals surface area contributed by atoms with Crippen molar-refractivity contribution in [1.82, 2.24) is 9.80 Å². The van der Waals surface area contributed by atoms with Gasteiger partial charge >= 0.3 is 0 Å². The van der Waals surface area contributed by atoms with E-state index in [0.29, 0.717) is 24.7 Å². The van der Waals surface area contributed by atoms with Crippen LogP contribution in [0, 0.1) is 24.6 Å². The Hall–Kier alpha value is -1.99. The number of hydrogen-bond acceptors (Lipinski definition) is 4. The monoisotopic (exact) mass is 459 g/mol. The molecule has 2 N–H and O–H groups in total. The molecule has 2 aliphatic carbocycles. The molecule has 3 aliphatic rings. The first kappa shape index (κ1) is 24.1. The Morgan fingerprint density at radius 1 is 1.12 bits per heavy atom. The second-order valence-corrected chi connectivity index (χ2v) is 10.3. The van der Waals surface area contributed by atoms with E-state index in [4.69, 9.17) is 0 Å². The number of nitrogens with zero attached hydrogens (tertiary/aromatic N) is 2. The Morgan fingerprint density at radius 2 is 1.88 bits per heavy atom. The predicted molar refractivity (Wildman–Crippen MR) is 126 cm³/mol. The number of carbonyl (C=O) groups is 2. The molecule has 0 radical (unpaired) electrons. The average Bonchev–Trinajstić information content (AvgIpc) is 3.43. The van der Waals surface area contributed by atoms with E-state index in [1.165, 1.54) is 6.07 Å². The summed E-state index contributed by atoms with van der Waals surface area (Å²) in [6.45, 7) is 6.83. The minimum absolute atomic E-state index is 0.0111. The molecule has 1 aliphatic heterocycles. The molecule has 3 atom stereocenters. The molecule has 182 valence electrons. The first-order valence-corrected chi connectivity index (χ1v) is 12.6. The van der Waals surface area contributed by atoms with Crippen molar-refractivity contribution in [3.8, 4) is 0 Å². The van der Waals surface area contributed by atoms with Crippen LogP contribution in [0.3, 0.4) is 0 Å². The maximum absolute atomic E-state index is 14.4. The van der Waals surface area contributed by atoms with E-state index in [2.05, 4.69) is 17.1 Å². The summed E-state index contributed by atoms with van der Waals surface area (Å²) in [7, 11) is 0. The van der Waals surface area contributed by atoms with Crippen LogP contribution in [-0.4, -0.2) is 58.5 Å². The molecule has 0 aromatic heterocycles. The van der Waals surface area contributed by atoms with Crippen LogP contribution in [0.5, 0.6) is 0 Å². The molecule has 1 aromatic rings. The highest BCUT2D eigenvalue weighted by Crippen LogP contribution is 2.30. The average molecular weight is 460 g/mol. The van der Waals surface area contributed by atoms with Gasteiger partial charge in [-0.2, -0.15) is 0 Å². The quantitative estimate of drug-likeness (QED) is 0.678. The van der Waals surface area contributed by atoms with Crippen molar-refractivity contribution in [3.05, 3.63) is 29.1 Å². The summed E-state index contributed by atoms with van der Waals surface area (Å²) >= 11 is 0. The maximum Gasteiger partial charge on any atom is 0.226 e. The second kappa shape index (κ2) is 10.5. The lowest BCUT2D eigenvalue weighted by atomic mass is 10.0. The number of carbonyl (C=O) groups excluding carboxylic acids is 2. The molecule has 2 saturated carbocycles. The van der Waals surface area contributed by atoms with Crippen molar-refractivity contribution in [3.63, 3.8) is 0 Å². The van der Waals surface area contributed by atoms with Crippen LogP contribution in [0.25, 0.3) is 0 Å². The molecule has 33 heavy (non-hydrogen) atoms. The Labute approximate surface area is 196 Å². The van der Waals surface area contributed by atoms with Gasteiger partial charge in [0.1, 0.15) is 5.82 Å². The SMILES string of the molecule is Cc1c(CN2CCN(C(=O)C3CCCC3)C(C)C2)cc(F)cc1NC(=O)CC1CCCC1O. The van der Waals surface area contributed by atoms with Gasteiger partial charge in [0, 0.05) is 50.2 Å². The second-order valence-electron chi connectivity index (χ2n) is 10.3. The van der Waals surface area contributed by atoms with Crippen LogP contribution in [0.15, 0.2) is 12.1 Å². The summed E-state index contributed by atoms with van der Waals surface area (Å²) in [4.78, 5) is 29.7. The van der Waals surface area contributed by atoms with Crippen LogP contribution in [0.1, 0.15) is 69.4 Å². The summed E-state index contributed by atoms with van der Waals surface area (Å²) in [5, 5.41) is 12.9. The van der Waals surface area contributed by atoms with Crippen molar-refractivity contribution in [1.29, 1.82) is 0 Å². The molecule has 3 unspecified atom stereocenters. The van der Waals surface area contributed by atoms with E-state index in [1.807, 2.05) is 11.8 Å². The zero-order valence-corrected chi connectivity index (χ0v) is 20.0. The molecular formula is C26H38FN3O3. The number of aliphatic hydroxyl groups is 1. The van der Waals surface area contributed by atoms with Crippen molar-refractivity contribution in [2.75, 3.05) is 25.0 Å². The van der Waals surface area contributed by atoms with E-state index < -0.39 is 6.10 Å². The van der Waals surface area contributed by atoms with Gasteiger partial charge in [-0.25, -0.2) is 4.39 Å². The van der Waals surface area contributed by atoms with Crippen molar-refractivity contribution < 1.29 is 19.1 Å². The van der Waals surface area contributed by atoms with Crippen LogP contribution in [0.4, 0.5) is 10.1 Å². The molecule has 2 amide bonds. The number of benzene rings is 1. The van der Waals surface area contributed by atoms with E-state index in [-0.39, 0.29) is 36.0 Å². The molecule has 1 saturated heterocycles. The van der Waals surface area contributed by atoms with Gasteiger partial charge in [-0.3, -0.25) is 14.5 Å². The van der Waals surface area contributed by atoms with Gasteiger partial charge in [-0.1, -0.05) is 19.3 Å². The van der Waals surface area contributed by atoms with E-state index in [0.717, 1.165) is 69.2 Å². The predicted octanol–water partition coefficient (Wildman–Crippen LogP) is 3.85. The lowest BCUT2D eigenvalue weighted by molar-refractivity contribution is -0.140. The molecule has 0 bridgehead atoms. The van der Waals surface area contributed by atoms with Crippen LogP contribution < -0.4 is 5.32 Å².